The number of alkyl halides is 3. The first-order valence-electron chi connectivity index (χ1n) is 11.1. The number of hydrogen-bond acceptors (Lipinski definition) is 8. The van der Waals surface area contributed by atoms with Crippen molar-refractivity contribution in [1.29, 1.82) is 0 Å². The molecule has 0 saturated heterocycles. The SMILES string of the molecule is Nc1nc2cnc(N(c3cccc(C4=C(C(F)(F)F)C(=O)C=CC4=O)c3)c3cc4ccccc4[nH]3)nc2s1. The minimum atomic E-state index is -5.01. The van der Waals surface area contributed by atoms with Crippen LogP contribution in [0.15, 0.2) is 78.5 Å². The molecule has 0 fully saturated rings. The number of nitrogens with two attached hydrogens (primary N) is 1. The van der Waals surface area contributed by atoms with Crippen LogP contribution in [0.4, 0.5) is 35.8 Å². The van der Waals surface area contributed by atoms with E-state index in [0.29, 0.717) is 33.1 Å². The first-order valence-corrected chi connectivity index (χ1v) is 12.0. The first kappa shape index (κ1) is 23.6. The summed E-state index contributed by atoms with van der Waals surface area (Å²) < 4.78 is 41.5. The van der Waals surface area contributed by atoms with Crippen LogP contribution in [-0.4, -0.2) is 37.7 Å². The van der Waals surface area contributed by atoms with Gasteiger partial charge in [0, 0.05) is 16.5 Å². The summed E-state index contributed by atoms with van der Waals surface area (Å²) in [6, 6.07) is 15.2. The largest absolute Gasteiger partial charge is 0.420 e. The standard InChI is InChI=1S/C26H15F3N6O2S/c27-26(28,29)22-19(37)9-8-18(36)21(22)14-5-3-6-15(10-14)35(20-11-13-4-1-2-7-16(13)32-20)25-31-12-17-23(34-25)38-24(30)33-17/h1-12,32H,(H2,30,33). The second kappa shape index (κ2) is 8.63. The van der Waals surface area contributed by atoms with Crippen molar-refractivity contribution < 1.29 is 22.8 Å². The number of anilines is 4. The highest BCUT2D eigenvalue weighted by molar-refractivity contribution is 7.21. The summed E-state index contributed by atoms with van der Waals surface area (Å²) in [4.78, 5) is 43.4. The van der Waals surface area contributed by atoms with Crippen molar-refractivity contribution >= 4 is 72.3 Å². The number of nitrogen functional groups attached to an aromatic ring is 1. The Balaban J connectivity index is 1.57. The maximum absolute atomic E-state index is 13.8. The van der Waals surface area contributed by atoms with Gasteiger partial charge in [-0.3, -0.25) is 14.5 Å². The van der Waals surface area contributed by atoms with E-state index in [4.69, 9.17) is 5.73 Å². The number of halogens is 3. The Hall–Kier alpha value is -4.84. The number of fused-ring (bicyclic) bond motifs is 2. The number of H-pyrrole nitrogens is 1. The van der Waals surface area contributed by atoms with Crippen LogP contribution in [0, 0.1) is 0 Å². The van der Waals surface area contributed by atoms with E-state index < -0.39 is 28.9 Å². The molecular weight excluding hydrogens is 517 g/mol. The molecule has 6 rings (SSSR count). The van der Waals surface area contributed by atoms with Crippen molar-refractivity contribution in [2.45, 2.75) is 6.18 Å². The summed E-state index contributed by atoms with van der Waals surface area (Å²) in [7, 11) is 0. The van der Waals surface area contributed by atoms with Gasteiger partial charge in [0.2, 0.25) is 5.95 Å². The van der Waals surface area contributed by atoms with Crippen LogP contribution in [0.3, 0.4) is 0 Å². The normalized spacial score (nSPS) is 14.2. The number of nitrogens with one attached hydrogen (secondary N) is 1. The lowest BCUT2D eigenvalue weighted by atomic mass is 9.89. The van der Waals surface area contributed by atoms with E-state index in [-0.39, 0.29) is 11.5 Å². The molecule has 12 heteroatoms. The Labute approximate surface area is 216 Å². The third kappa shape index (κ3) is 4.00. The smallest absolute Gasteiger partial charge is 0.375 e. The molecule has 8 nitrogen and oxygen atoms in total. The Morgan fingerprint density at radius 3 is 2.53 bits per heavy atom. The number of carbonyl (C=O) groups excluding carboxylic acids is 2. The second-order valence-electron chi connectivity index (χ2n) is 8.35. The molecule has 0 saturated carbocycles. The molecule has 3 N–H and O–H groups in total. The predicted molar refractivity (Wildman–Crippen MR) is 138 cm³/mol. The molecule has 3 aromatic heterocycles. The Bertz CT molecular complexity index is 1800. The molecule has 1 aliphatic carbocycles. The van der Waals surface area contributed by atoms with Gasteiger partial charge in [-0.05, 0) is 42.0 Å². The fraction of sp³-hybridized carbons (Fsp3) is 0.0385. The zero-order valence-electron chi connectivity index (χ0n) is 19.2. The van der Waals surface area contributed by atoms with Crippen molar-refractivity contribution in [1.82, 2.24) is 19.9 Å². The molecule has 188 valence electrons. The van der Waals surface area contributed by atoms with Gasteiger partial charge < -0.3 is 10.7 Å². The van der Waals surface area contributed by atoms with E-state index in [0.717, 1.165) is 17.0 Å². The lowest BCUT2D eigenvalue weighted by Crippen LogP contribution is -2.25. The quantitative estimate of drug-likeness (QED) is 0.288. The predicted octanol–water partition coefficient (Wildman–Crippen LogP) is 5.64. The van der Waals surface area contributed by atoms with Crippen LogP contribution >= 0.6 is 11.3 Å². The minimum Gasteiger partial charge on any atom is -0.375 e. The van der Waals surface area contributed by atoms with E-state index >= 15 is 0 Å². The summed E-state index contributed by atoms with van der Waals surface area (Å²) in [6.07, 6.45) is -2.03. The van der Waals surface area contributed by atoms with Crippen molar-refractivity contribution in [2.24, 2.45) is 0 Å². The maximum atomic E-state index is 13.8. The second-order valence-corrected chi connectivity index (χ2v) is 9.36. The van der Waals surface area contributed by atoms with Gasteiger partial charge in [-0.15, -0.1) is 0 Å². The molecule has 0 amide bonds. The van der Waals surface area contributed by atoms with Gasteiger partial charge in [0.25, 0.3) is 0 Å². The van der Waals surface area contributed by atoms with E-state index in [1.165, 1.54) is 35.7 Å². The average Bonchev–Trinajstić information content (AvgIpc) is 3.47. The fourth-order valence-electron chi connectivity index (χ4n) is 4.32. The van der Waals surface area contributed by atoms with Crippen LogP contribution in [-0.2, 0) is 9.59 Å². The zero-order chi connectivity index (χ0) is 26.6. The minimum absolute atomic E-state index is 0.0678. The van der Waals surface area contributed by atoms with Crippen LogP contribution in [0.25, 0.3) is 26.8 Å². The van der Waals surface area contributed by atoms with Crippen molar-refractivity contribution in [3.05, 3.63) is 84.1 Å². The van der Waals surface area contributed by atoms with Crippen LogP contribution in [0.2, 0.25) is 0 Å². The fourth-order valence-corrected chi connectivity index (χ4v) is 5.00. The molecule has 5 aromatic rings. The average molecular weight is 533 g/mol. The van der Waals surface area contributed by atoms with Gasteiger partial charge in [0.15, 0.2) is 21.5 Å². The summed E-state index contributed by atoms with van der Waals surface area (Å²) in [5, 5.41) is 1.19. The summed E-state index contributed by atoms with van der Waals surface area (Å²) >= 11 is 1.17. The number of para-hydroxylation sites is 1. The number of benzene rings is 2. The number of carbonyl (C=O) groups is 2. The lowest BCUT2D eigenvalue weighted by Gasteiger charge is -2.23. The van der Waals surface area contributed by atoms with E-state index in [9.17, 15) is 22.8 Å². The summed E-state index contributed by atoms with van der Waals surface area (Å²) in [6.45, 7) is 0. The molecular formula is C26H15F3N6O2S. The van der Waals surface area contributed by atoms with Crippen LogP contribution in [0.5, 0.6) is 0 Å². The van der Waals surface area contributed by atoms with Crippen LogP contribution in [0.1, 0.15) is 5.56 Å². The topological polar surface area (TPSA) is 118 Å². The monoisotopic (exact) mass is 532 g/mol. The summed E-state index contributed by atoms with van der Waals surface area (Å²) in [5.74, 6) is -1.47. The highest BCUT2D eigenvalue weighted by atomic mass is 32.1. The Morgan fingerprint density at radius 2 is 1.74 bits per heavy atom. The number of allylic oxidation sites excluding steroid dienone is 4. The highest BCUT2D eigenvalue weighted by Crippen LogP contribution is 2.40. The van der Waals surface area contributed by atoms with Gasteiger partial charge in [-0.2, -0.15) is 18.2 Å². The van der Waals surface area contributed by atoms with E-state index in [1.54, 1.807) is 11.0 Å². The van der Waals surface area contributed by atoms with Crippen molar-refractivity contribution in [3.8, 4) is 0 Å². The highest BCUT2D eigenvalue weighted by Gasteiger charge is 2.43. The number of aromatic nitrogens is 4. The number of rotatable bonds is 4. The third-order valence-corrected chi connectivity index (χ3v) is 6.71. The Morgan fingerprint density at radius 1 is 0.947 bits per heavy atom. The molecule has 0 spiro atoms. The number of hydrogen-bond donors (Lipinski definition) is 2. The molecule has 0 radical (unpaired) electrons. The molecule has 0 aliphatic heterocycles. The van der Waals surface area contributed by atoms with Crippen LogP contribution < -0.4 is 10.6 Å². The number of aromatic amines is 1. The molecule has 0 unspecified atom stereocenters. The Kier molecular flexibility index (Phi) is 5.35. The summed E-state index contributed by atoms with van der Waals surface area (Å²) in [5.41, 5.74) is 5.21. The maximum Gasteiger partial charge on any atom is 0.420 e. The lowest BCUT2D eigenvalue weighted by molar-refractivity contribution is -0.126. The number of thiazole rings is 1. The number of ketones is 2. The molecule has 3 heterocycles. The van der Waals surface area contributed by atoms with Crippen molar-refractivity contribution in [2.75, 3.05) is 10.6 Å². The zero-order valence-corrected chi connectivity index (χ0v) is 20.0. The molecule has 38 heavy (non-hydrogen) atoms. The first-order chi connectivity index (χ1) is 18.2. The molecule has 2 aromatic carbocycles. The van der Waals surface area contributed by atoms with Crippen molar-refractivity contribution in [3.63, 3.8) is 0 Å². The third-order valence-electron chi connectivity index (χ3n) is 5.92. The number of nitrogens with zero attached hydrogens (tertiary/aromatic N) is 4. The van der Waals surface area contributed by atoms with Gasteiger partial charge in [-0.25, -0.2) is 9.97 Å². The van der Waals surface area contributed by atoms with Gasteiger partial charge in [0.05, 0.1) is 11.9 Å². The van der Waals surface area contributed by atoms with E-state index in [2.05, 4.69) is 19.9 Å². The van der Waals surface area contributed by atoms with Gasteiger partial charge in [0.1, 0.15) is 16.9 Å². The molecule has 0 atom stereocenters. The molecule has 1 aliphatic rings. The van der Waals surface area contributed by atoms with Gasteiger partial charge >= 0.3 is 6.18 Å². The van der Waals surface area contributed by atoms with Gasteiger partial charge in [-0.1, -0.05) is 41.7 Å². The molecule has 0 bridgehead atoms. The van der Waals surface area contributed by atoms with E-state index in [1.807, 2.05) is 30.3 Å².